The summed E-state index contributed by atoms with van der Waals surface area (Å²) in [6.45, 7) is 2.72. The first kappa shape index (κ1) is 14.8. The lowest BCUT2D eigenvalue weighted by Gasteiger charge is -2.09. The van der Waals surface area contributed by atoms with E-state index in [0.29, 0.717) is 17.6 Å². The molecule has 22 heavy (non-hydrogen) atoms. The molecule has 0 aliphatic carbocycles. The van der Waals surface area contributed by atoms with Crippen LogP contribution in [-0.2, 0) is 12.8 Å². The fraction of sp³-hybridized carbons (Fsp3) is 0.250. The van der Waals surface area contributed by atoms with E-state index < -0.39 is 11.6 Å². The van der Waals surface area contributed by atoms with E-state index in [4.69, 9.17) is 0 Å². The van der Waals surface area contributed by atoms with Gasteiger partial charge in [0.25, 0.3) is 0 Å². The van der Waals surface area contributed by atoms with Gasteiger partial charge >= 0.3 is 0 Å². The fourth-order valence-electron chi connectivity index (χ4n) is 2.28. The summed E-state index contributed by atoms with van der Waals surface area (Å²) in [6.07, 6.45) is 3.22. The second-order valence-corrected chi connectivity index (χ2v) is 5.85. The van der Waals surface area contributed by atoms with Gasteiger partial charge in [0.05, 0.1) is 10.7 Å². The van der Waals surface area contributed by atoms with Gasteiger partial charge in [0.2, 0.25) is 0 Å². The Hall–Kier alpha value is -2.08. The van der Waals surface area contributed by atoms with Gasteiger partial charge in [-0.15, -0.1) is 11.3 Å². The van der Waals surface area contributed by atoms with Gasteiger partial charge in [-0.2, -0.15) is 0 Å². The Kier molecular flexibility index (Phi) is 4.29. The summed E-state index contributed by atoms with van der Waals surface area (Å²) in [5, 5.41) is 6.83. The molecular weight excluding hydrogens is 304 g/mol. The predicted molar refractivity (Wildman–Crippen MR) is 85.3 cm³/mol. The standard InChI is InChI=1S/C16H15F2N3S/c1-2-15-21-11(9-22-15)3-5-19-14-4-6-20-16-12(14)7-10(17)8-13(16)18/h4,6-9H,2-3,5H2,1H3,(H,19,20). The number of fused-ring (bicyclic) bond motifs is 1. The van der Waals surface area contributed by atoms with E-state index in [9.17, 15) is 8.78 Å². The van der Waals surface area contributed by atoms with Crippen molar-refractivity contribution >= 4 is 27.9 Å². The average Bonchev–Trinajstić information content (AvgIpc) is 2.96. The summed E-state index contributed by atoms with van der Waals surface area (Å²) in [5.74, 6) is -1.25. The van der Waals surface area contributed by atoms with Gasteiger partial charge < -0.3 is 5.32 Å². The first-order valence-corrected chi connectivity index (χ1v) is 7.96. The maximum atomic E-state index is 13.7. The number of benzene rings is 1. The van der Waals surface area contributed by atoms with Crippen LogP contribution in [0.1, 0.15) is 17.6 Å². The quantitative estimate of drug-likeness (QED) is 0.766. The number of halogens is 2. The number of thiazole rings is 1. The molecule has 0 amide bonds. The van der Waals surface area contributed by atoms with Crippen molar-refractivity contribution in [3.63, 3.8) is 0 Å². The maximum absolute atomic E-state index is 13.7. The minimum atomic E-state index is -0.647. The molecule has 1 N–H and O–H groups in total. The predicted octanol–water partition coefficient (Wildman–Crippen LogP) is 4.19. The van der Waals surface area contributed by atoms with Gasteiger partial charge in [0.15, 0.2) is 5.82 Å². The van der Waals surface area contributed by atoms with Gasteiger partial charge in [0, 0.05) is 41.7 Å². The highest BCUT2D eigenvalue weighted by atomic mass is 32.1. The van der Waals surface area contributed by atoms with E-state index in [-0.39, 0.29) is 5.52 Å². The molecule has 0 unspecified atom stereocenters. The molecule has 0 radical (unpaired) electrons. The highest BCUT2D eigenvalue weighted by Crippen LogP contribution is 2.24. The first-order chi connectivity index (χ1) is 10.7. The number of nitrogens with zero attached hydrogens (tertiary/aromatic N) is 2. The number of aromatic nitrogens is 2. The largest absolute Gasteiger partial charge is 0.384 e. The minimum absolute atomic E-state index is 0.174. The van der Waals surface area contributed by atoms with Crippen LogP contribution in [0.2, 0.25) is 0 Å². The van der Waals surface area contributed by atoms with Crippen LogP contribution in [-0.4, -0.2) is 16.5 Å². The number of hydrogen-bond acceptors (Lipinski definition) is 4. The zero-order valence-electron chi connectivity index (χ0n) is 12.1. The molecule has 2 aromatic heterocycles. The van der Waals surface area contributed by atoms with Crippen LogP contribution in [0.4, 0.5) is 14.5 Å². The normalized spacial score (nSPS) is 11.0. The Balaban J connectivity index is 1.76. The Labute approximate surface area is 131 Å². The number of pyridine rings is 1. The summed E-state index contributed by atoms with van der Waals surface area (Å²) >= 11 is 1.65. The molecule has 2 heterocycles. The van der Waals surface area contributed by atoms with Crippen molar-refractivity contribution in [2.75, 3.05) is 11.9 Å². The topological polar surface area (TPSA) is 37.8 Å². The van der Waals surface area contributed by atoms with Crippen LogP contribution in [0.3, 0.4) is 0 Å². The molecule has 0 bridgehead atoms. The lowest BCUT2D eigenvalue weighted by Crippen LogP contribution is -2.06. The molecule has 0 aliphatic heterocycles. The maximum Gasteiger partial charge on any atom is 0.152 e. The van der Waals surface area contributed by atoms with Crippen LogP contribution < -0.4 is 5.32 Å². The molecule has 114 valence electrons. The van der Waals surface area contributed by atoms with E-state index >= 15 is 0 Å². The van der Waals surface area contributed by atoms with E-state index in [0.717, 1.165) is 29.6 Å². The molecule has 0 saturated carbocycles. The number of aryl methyl sites for hydroxylation is 1. The Morgan fingerprint density at radius 3 is 2.91 bits per heavy atom. The third-order valence-electron chi connectivity index (χ3n) is 3.36. The third-order valence-corrected chi connectivity index (χ3v) is 4.40. The zero-order valence-corrected chi connectivity index (χ0v) is 12.9. The molecule has 0 fully saturated rings. The molecule has 0 aliphatic rings. The van der Waals surface area contributed by atoms with Gasteiger partial charge in [-0.05, 0) is 18.6 Å². The lowest BCUT2D eigenvalue weighted by atomic mass is 10.1. The number of rotatable bonds is 5. The third kappa shape index (κ3) is 3.06. The summed E-state index contributed by atoms with van der Waals surface area (Å²) in [5.41, 5.74) is 1.88. The van der Waals surface area contributed by atoms with Crippen molar-refractivity contribution < 1.29 is 8.78 Å². The molecule has 0 atom stereocenters. The summed E-state index contributed by atoms with van der Waals surface area (Å²) in [4.78, 5) is 8.47. The average molecular weight is 319 g/mol. The smallest absolute Gasteiger partial charge is 0.152 e. The monoisotopic (exact) mass is 319 g/mol. The molecule has 0 saturated heterocycles. The molecule has 3 aromatic rings. The highest BCUT2D eigenvalue weighted by molar-refractivity contribution is 7.09. The van der Waals surface area contributed by atoms with E-state index in [1.165, 1.54) is 12.3 Å². The van der Waals surface area contributed by atoms with Gasteiger partial charge in [-0.1, -0.05) is 6.92 Å². The Morgan fingerprint density at radius 1 is 1.27 bits per heavy atom. The van der Waals surface area contributed by atoms with E-state index in [2.05, 4.69) is 22.2 Å². The Morgan fingerprint density at radius 2 is 2.14 bits per heavy atom. The molecule has 1 aromatic carbocycles. The number of nitrogens with one attached hydrogen (secondary N) is 1. The first-order valence-electron chi connectivity index (χ1n) is 7.08. The van der Waals surface area contributed by atoms with Crippen LogP contribution in [0.15, 0.2) is 29.8 Å². The number of hydrogen-bond donors (Lipinski definition) is 1. The highest BCUT2D eigenvalue weighted by Gasteiger charge is 2.09. The van der Waals surface area contributed by atoms with Crippen LogP contribution >= 0.6 is 11.3 Å². The van der Waals surface area contributed by atoms with Crippen molar-refractivity contribution in [1.29, 1.82) is 0 Å². The lowest BCUT2D eigenvalue weighted by molar-refractivity contribution is 0.590. The van der Waals surface area contributed by atoms with Crippen LogP contribution in [0.5, 0.6) is 0 Å². The van der Waals surface area contributed by atoms with E-state index in [1.807, 2.05) is 5.38 Å². The summed E-state index contributed by atoms with van der Waals surface area (Å²) in [7, 11) is 0. The van der Waals surface area contributed by atoms with Crippen molar-refractivity contribution in [3.8, 4) is 0 Å². The molecule has 3 rings (SSSR count). The molecule has 0 spiro atoms. The Bertz CT molecular complexity index is 801. The number of anilines is 1. The second kappa shape index (κ2) is 6.36. The van der Waals surface area contributed by atoms with Gasteiger partial charge in [-0.25, -0.2) is 13.8 Å². The van der Waals surface area contributed by atoms with E-state index in [1.54, 1.807) is 17.4 Å². The van der Waals surface area contributed by atoms with Crippen molar-refractivity contribution in [2.24, 2.45) is 0 Å². The van der Waals surface area contributed by atoms with Crippen LogP contribution in [0.25, 0.3) is 10.9 Å². The fourth-order valence-corrected chi connectivity index (χ4v) is 3.06. The van der Waals surface area contributed by atoms with Gasteiger partial charge in [-0.3, -0.25) is 4.98 Å². The van der Waals surface area contributed by atoms with Crippen LogP contribution in [0, 0.1) is 11.6 Å². The SMILES string of the molecule is CCc1nc(CCNc2ccnc3c(F)cc(F)cc23)cs1. The second-order valence-electron chi connectivity index (χ2n) is 4.91. The summed E-state index contributed by atoms with van der Waals surface area (Å²) < 4.78 is 27.1. The van der Waals surface area contributed by atoms with Gasteiger partial charge in [0.1, 0.15) is 11.3 Å². The molecule has 6 heteroatoms. The summed E-state index contributed by atoms with van der Waals surface area (Å²) in [6, 6.07) is 3.87. The van der Waals surface area contributed by atoms with Crippen molar-refractivity contribution in [1.82, 2.24) is 9.97 Å². The molecular formula is C16H15F2N3S. The van der Waals surface area contributed by atoms with Crippen molar-refractivity contribution in [2.45, 2.75) is 19.8 Å². The van der Waals surface area contributed by atoms with Crippen molar-refractivity contribution in [3.05, 3.63) is 52.1 Å². The molecule has 3 nitrogen and oxygen atoms in total. The minimum Gasteiger partial charge on any atom is -0.384 e. The zero-order chi connectivity index (χ0) is 15.5.